The lowest BCUT2D eigenvalue weighted by atomic mass is 10.1. The lowest BCUT2D eigenvalue weighted by Gasteiger charge is -2.41. The van der Waals surface area contributed by atoms with Crippen molar-refractivity contribution in [2.75, 3.05) is 49.6 Å². The maximum absolute atomic E-state index is 12.7. The van der Waals surface area contributed by atoms with E-state index >= 15 is 0 Å². The van der Waals surface area contributed by atoms with Gasteiger partial charge < -0.3 is 19.7 Å². The van der Waals surface area contributed by atoms with Crippen molar-refractivity contribution >= 4 is 17.3 Å². The molecular formula is C24H33N3O3. The average Bonchev–Trinajstić information content (AvgIpc) is 2.70. The summed E-state index contributed by atoms with van der Waals surface area (Å²) < 4.78 is 11.2. The van der Waals surface area contributed by atoms with Gasteiger partial charge in [0.15, 0.2) is 0 Å². The first-order chi connectivity index (χ1) is 14.5. The molecule has 0 aromatic heterocycles. The molecule has 1 aliphatic rings. The van der Waals surface area contributed by atoms with E-state index in [0.717, 1.165) is 25.4 Å². The van der Waals surface area contributed by atoms with Crippen molar-refractivity contribution in [3.63, 3.8) is 0 Å². The molecule has 1 unspecified atom stereocenters. The minimum Gasteiger partial charge on any atom is -0.494 e. The van der Waals surface area contributed by atoms with Crippen molar-refractivity contribution in [3.8, 4) is 11.5 Å². The number of carbonyl (C=O) groups is 1. The highest BCUT2D eigenvalue weighted by Gasteiger charge is 2.25. The second-order valence-corrected chi connectivity index (χ2v) is 7.69. The highest BCUT2D eigenvalue weighted by atomic mass is 16.5. The minimum atomic E-state index is -0.0409. The molecule has 1 atom stereocenters. The van der Waals surface area contributed by atoms with Crippen LogP contribution >= 0.6 is 0 Å². The molecule has 2 aromatic rings. The van der Waals surface area contributed by atoms with E-state index in [1.165, 1.54) is 11.3 Å². The third-order valence-electron chi connectivity index (χ3n) is 5.25. The lowest BCUT2D eigenvalue weighted by molar-refractivity contribution is -0.117. The van der Waals surface area contributed by atoms with Crippen LogP contribution in [-0.2, 0) is 4.79 Å². The Labute approximate surface area is 179 Å². The lowest BCUT2D eigenvalue weighted by Crippen LogP contribution is -2.53. The van der Waals surface area contributed by atoms with Crippen LogP contribution in [0.25, 0.3) is 0 Å². The second kappa shape index (κ2) is 10.3. The van der Waals surface area contributed by atoms with Crippen LogP contribution in [-0.4, -0.2) is 56.2 Å². The van der Waals surface area contributed by atoms with Crippen molar-refractivity contribution in [1.29, 1.82) is 0 Å². The summed E-state index contributed by atoms with van der Waals surface area (Å²) in [6, 6.07) is 14.5. The van der Waals surface area contributed by atoms with Crippen molar-refractivity contribution < 1.29 is 14.3 Å². The predicted octanol–water partition coefficient (Wildman–Crippen LogP) is 3.94. The summed E-state index contributed by atoms with van der Waals surface area (Å²) >= 11 is 0. The fraction of sp³-hybridized carbons (Fsp3) is 0.458. The summed E-state index contributed by atoms with van der Waals surface area (Å²) in [5.41, 5.74) is 3.17. The molecule has 2 aromatic carbocycles. The number of amides is 1. The third kappa shape index (κ3) is 5.66. The van der Waals surface area contributed by atoms with E-state index in [4.69, 9.17) is 9.47 Å². The molecule has 0 spiro atoms. The molecule has 0 saturated carbocycles. The van der Waals surface area contributed by atoms with Gasteiger partial charge in [0.1, 0.15) is 11.5 Å². The van der Waals surface area contributed by atoms with Gasteiger partial charge in [-0.25, -0.2) is 0 Å². The first kappa shape index (κ1) is 22.0. The summed E-state index contributed by atoms with van der Waals surface area (Å²) in [4.78, 5) is 17.4. The van der Waals surface area contributed by atoms with Gasteiger partial charge in [-0.3, -0.25) is 9.69 Å². The SMILES string of the molecule is CCOc1ccc(OCC)c(NC(=O)CN2CCN(c3cccc(C)c3)C(C)C2)c1. The number of ether oxygens (including phenoxy) is 2. The van der Waals surface area contributed by atoms with Crippen LogP contribution in [0.4, 0.5) is 11.4 Å². The van der Waals surface area contributed by atoms with Gasteiger partial charge in [-0.05, 0) is 57.5 Å². The van der Waals surface area contributed by atoms with E-state index in [1.807, 2.05) is 32.0 Å². The van der Waals surface area contributed by atoms with Gasteiger partial charge in [0, 0.05) is 37.4 Å². The van der Waals surface area contributed by atoms with Crippen LogP contribution in [0, 0.1) is 6.92 Å². The van der Waals surface area contributed by atoms with E-state index in [1.54, 1.807) is 0 Å². The number of anilines is 2. The molecule has 1 saturated heterocycles. The quantitative estimate of drug-likeness (QED) is 0.713. The number of hydrogen-bond donors (Lipinski definition) is 1. The van der Waals surface area contributed by atoms with Gasteiger partial charge in [-0.2, -0.15) is 0 Å². The molecule has 162 valence electrons. The van der Waals surface area contributed by atoms with Gasteiger partial charge in [0.2, 0.25) is 5.91 Å². The Hall–Kier alpha value is -2.73. The van der Waals surface area contributed by atoms with Crippen LogP contribution in [0.1, 0.15) is 26.3 Å². The minimum absolute atomic E-state index is 0.0409. The van der Waals surface area contributed by atoms with Gasteiger partial charge >= 0.3 is 0 Å². The van der Waals surface area contributed by atoms with Gasteiger partial charge in [0.25, 0.3) is 0 Å². The molecular weight excluding hydrogens is 378 g/mol. The highest BCUT2D eigenvalue weighted by Crippen LogP contribution is 2.29. The van der Waals surface area contributed by atoms with Gasteiger partial charge in [-0.1, -0.05) is 12.1 Å². The van der Waals surface area contributed by atoms with Gasteiger partial charge in [0.05, 0.1) is 25.4 Å². The summed E-state index contributed by atoms with van der Waals surface area (Å²) in [6.07, 6.45) is 0. The monoisotopic (exact) mass is 411 g/mol. The summed E-state index contributed by atoms with van der Waals surface area (Å²) in [5.74, 6) is 1.34. The summed E-state index contributed by atoms with van der Waals surface area (Å²) in [7, 11) is 0. The van der Waals surface area contributed by atoms with E-state index in [9.17, 15) is 4.79 Å². The molecule has 6 heteroatoms. The molecule has 1 heterocycles. The smallest absolute Gasteiger partial charge is 0.238 e. The zero-order valence-electron chi connectivity index (χ0n) is 18.5. The number of nitrogens with zero attached hydrogens (tertiary/aromatic N) is 2. The number of carbonyl (C=O) groups excluding carboxylic acids is 1. The molecule has 1 N–H and O–H groups in total. The van der Waals surface area contributed by atoms with E-state index < -0.39 is 0 Å². The van der Waals surface area contributed by atoms with Crippen LogP contribution < -0.4 is 19.7 Å². The first-order valence-electron chi connectivity index (χ1n) is 10.7. The third-order valence-corrected chi connectivity index (χ3v) is 5.25. The zero-order chi connectivity index (χ0) is 21.5. The first-order valence-corrected chi connectivity index (χ1v) is 10.7. The van der Waals surface area contributed by atoms with Crippen molar-refractivity contribution in [2.45, 2.75) is 33.7 Å². The molecule has 0 bridgehead atoms. The van der Waals surface area contributed by atoms with E-state index in [2.05, 4.69) is 53.2 Å². The highest BCUT2D eigenvalue weighted by molar-refractivity contribution is 5.94. The number of hydrogen-bond acceptors (Lipinski definition) is 5. The number of piperazine rings is 1. The number of nitrogens with one attached hydrogen (secondary N) is 1. The Balaban J connectivity index is 1.60. The van der Waals surface area contributed by atoms with Crippen LogP contribution in [0.2, 0.25) is 0 Å². The number of rotatable bonds is 8. The molecule has 30 heavy (non-hydrogen) atoms. The van der Waals surface area contributed by atoms with Crippen LogP contribution in [0.5, 0.6) is 11.5 Å². The normalized spacial score (nSPS) is 16.9. The fourth-order valence-electron chi connectivity index (χ4n) is 3.90. The molecule has 6 nitrogen and oxygen atoms in total. The van der Waals surface area contributed by atoms with Crippen LogP contribution in [0.3, 0.4) is 0 Å². The Kier molecular flexibility index (Phi) is 7.57. The predicted molar refractivity (Wildman–Crippen MR) is 122 cm³/mol. The van der Waals surface area contributed by atoms with Gasteiger partial charge in [-0.15, -0.1) is 0 Å². The van der Waals surface area contributed by atoms with Crippen molar-refractivity contribution in [3.05, 3.63) is 48.0 Å². The molecule has 3 rings (SSSR count). The average molecular weight is 412 g/mol. The molecule has 0 radical (unpaired) electrons. The largest absolute Gasteiger partial charge is 0.494 e. The van der Waals surface area contributed by atoms with Crippen LogP contribution in [0.15, 0.2) is 42.5 Å². The second-order valence-electron chi connectivity index (χ2n) is 7.69. The number of benzene rings is 2. The Bertz CT molecular complexity index is 855. The maximum atomic E-state index is 12.7. The number of aryl methyl sites for hydroxylation is 1. The summed E-state index contributed by atoms with van der Waals surface area (Å²) in [6.45, 7) is 12.3. The van der Waals surface area contributed by atoms with Crippen molar-refractivity contribution in [2.24, 2.45) is 0 Å². The standard InChI is InChI=1S/C24H33N3O3/c1-5-29-21-10-11-23(30-6-2)22(15-21)25-24(28)17-26-12-13-27(19(4)16-26)20-9-7-8-18(3)14-20/h7-11,14-15,19H,5-6,12-13,16-17H2,1-4H3,(H,25,28). The Morgan fingerprint density at radius 2 is 1.90 bits per heavy atom. The molecule has 1 aliphatic heterocycles. The summed E-state index contributed by atoms with van der Waals surface area (Å²) in [5, 5.41) is 3.01. The Morgan fingerprint density at radius 1 is 1.10 bits per heavy atom. The fourth-order valence-corrected chi connectivity index (χ4v) is 3.90. The van der Waals surface area contributed by atoms with E-state index in [-0.39, 0.29) is 5.91 Å². The zero-order valence-corrected chi connectivity index (χ0v) is 18.5. The maximum Gasteiger partial charge on any atom is 0.238 e. The molecule has 1 amide bonds. The molecule has 1 fully saturated rings. The van der Waals surface area contributed by atoms with E-state index in [0.29, 0.717) is 37.2 Å². The molecule has 0 aliphatic carbocycles. The topological polar surface area (TPSA) is 54.0 Å². The Morgan fingerprint density at radius 3 is 2.60 bits per heavy atom. The van der Waals surface area contributed by atoms with Crippen molar-refractivity contribution in [1.82, 2.24) is 4.90 Å².